The fourth-order valence-corrected chi connectivity index (χ4v) is 2.40. The van der Waals surface area contributed by atoms with Gasteiger partial charge < -0.3 is 10.0 Å². The van der Waals surface area contributed by atoms with Crippen molar-refractivity contribution in [1.82, 2.24) is 4.98 Å². The van der Waals surface area contributed by atoms with Crippen LogP contribution in [0.2, 0.25) is 0 Å². The maximum atomic E-state index is 9.41. The van der Waals surface area contributed by atoms with E-state index in [9.17, 15) is 5.11 Å². The van der Waals surface area contributed by atoms with Crippen LogP contribution < -0.4 is 4.90 Å². The lowest BCUT2D eigenvalue weighted by Crippen LogP contribution is -2.30. The Kier molecular flexibility index (Phi) is 2.59. The lowest BCUT2D eigenvalue weighted by Gasteiger charge is -2.27. The molecule has 0 aliphatic carbocycles. The van der Waals surface area contributed by atoms with Crippen LogP contribution in [0.15, 0.2) is 30.3 Å². The maximum Gasteiger partial charge on any atom is 0.129 e. The zero-order valence-corrected chi connectivity index (χ0v) is 9.76. The Balaban J connectivity index is 1.98. The first-order valence-corrected chi connectivity index (χ1v) is 6.18. The molecule has 2 heterocycles. The number of phenolic OH excluding ortho intramolecular Hbond substituents is 1. The Bertz CT molecular complexity index is 533. The van der Waals surface area contributed by atoms with Gasteiger partial charge in [-0.25, -0.2) is 4.98 Å². The normalized spacial score (nSPS) is 16.4. The molecule has 0 amide bonds. The van der Waals surface area contributed by atoms with Crippen LogP contribution in [0.5, 0.6) is 5.75 Å². The second kappa shape index (κ2) is 4.24. The minimum Gasteiger partial charge on any atom is -0.508 e. The highest BCUT2D eigenvalue weighted by atomic mass is 16.3. The summed E-state index contributed by atoms with van der Waals surface area (Å²) < 4.78 is 0. The number of anilines is 1. The van der Waals surface area contributed by atoms with Crippen molar-refractivity contribution in [3.8, 4) is 5.75 Å². The number of pyridine rings is 1. The van der Waals surface area contributed by atoms with Crippen LogP contribution in [0, 0.1) is 0 Å². The standard InChI is InChI=1S/C14H16N2O/c17-12-5-6-13-11(10-12)4-7-14(15-13)16-8-2-1-3-9-16/h4-7,10,17H,1-3,8-9H2. The van der Waals surface area contributed by atoms with Crippen molar-refractivity contribution < 1.29 is 5.11 Å². The Labute approximate surface area is 101 Å². The third kappa shape index (κ3) is 2.05. The lowest BCUT2D eigenvalue weighted by molar-refractivity contribution is 0.476. The smallest absolute Gasteiger partial charge is 0.129 e. The average Bonchev–Trinajstić information content (AvgIpc) is 2.39. The summed E-state index contributed by atoms with van der Waals surface area (Å²) in [5, 5.41) is 10.4. The monoisotopic (exact) mass is 228 g/mol. The van der Waals surface area contributed by atoms with Gasteiger partial charge in [-0.15, -0.1) is 0 Å². The predicted molar refractivity (Wildman–Crippen MR) is 69.5 cm³/mol. The summed E-state index contributed by atoms with van der Waals surface area (Å²) in [6, 6.07) is 9.40. The predicted octanol–water partition coefficient (Wildman–Crippen LogP) is 2.93. The van der Waals surface area contributed by atoms with Crippen molar-refractivity contribution in [2.24, 2.45) is 0 Å². The zero-order valence-electron chi connectivity index (χ0n) is 9.76. The fraction of sp³-hybridized carbons (Fsp3) is 0.357. The van der Waals surface area contributed by atoms with Gasteiger partial charge in [0.05, 0.1) is 5.52 Å². The average molecular weight is 228 g/mol. The van der Waals surface area contributed by atoms with Gasteiger partial charge in [0.1, 0.15) is 11.6 Å². The largest absolute Gasteiger partial charge is 0.508 e. The Morgan fingerprint density at radius 1 is 1.00 bits per heavy atom. The molecule has 17 heavy (non-hydrogen) atoms. The van der Waals surface area contributed by atoms with Crippen LogP contribution in [-0.2, 0) is 0 Å². The van der Waals surface area contributed by atoms with Gasteiger partial charge in [-0.3, -0.25) is 0 Å². The van der Waals surface area contributed by atoms with Crippen LogP contribution >= 0.6 is 0 Å². The molecule has 1 aliphatic heterocycles. The van der Waals surface area contributed by atoms with Crippen LogP contribution in [0.1, 0.15) is 19.3 Å². The number of rotatable bonds is 1. The van der Waals surface area contributed by atoms with E-state index in [0.29, 0.717) is 5.75 Å². The molecule has 0 atom stereocenters. The molecule has 0 spiro atoms. The molecule has 1 aromatic carbocycles. The van der Waals surface area contributed by atoms with Gasteiger partial charge in [0, 0.05) is 18.5 Å². The Morgan fingerprint density at radius 2 is 1.82 bits per heavy atom. The number of fused-ring (bicyclic) bond motifs is 1. The number of aromatic nitrogens is 1. The SMILES string of the molecule is Oc1ccc2nc(N3CCCCC3)ccc2c1. The van der Waals surface area contributed by atoms with E-state index in [1.165, 1.54) is 19.3 Å². The quantitative estimate of drug-likeness (QED) is 0.815. The van der Waals surface area contributed by atoms with Gasteiger partial charge in [0.2, 0.25) is 0 Å². The number of aromatic hydroxyl groups is 1. The zero-order chi connectivity index (χ0) is 11.7. The molecule has 3 rings (SSSR count). The van der Waals surface area contributed by atoms with E-state index in [4.69, 9.17) is 0 Å². The number of hydrogen-bond donors (Lipinski definition) is 1. The molecule has 1 N–H and O–H groups in total. The topological polar surface area (TPSA) is 36.4 Å². The number of phenols is 1. The summed E-state index contributed by atoms with van der Waals surface area (Å²) in [5.41, 5.74) is 0.950. The number of hydrogen-bond acceptors (Lipinski definition) is 3. The van der Waals surface area contributed by atoms with Gasteiger partial charge in [-0.2, -0.15) is 0 Å². The highest BCUT2D eigenvalue weighted by Gasteiger charge is 2.12. The first-order chi connectivity index (χ1) is 8.33. The number of piperidine rings is 1. The van der Waals surface area contributed by atoms with Crippen molar-refractivity contribution >= 4 is 16.7 Å². The van der Waals surface area contributed by atoms with Crippen LogP contribution in [0.4, 0.5) is 5.82 Å². The Hall–Kier alpha value is -1.77. The van der Waals surface area contributed by atoms with E-state index in [-0.39, 0.29) is 0 Å². The van der Waals surface area contributed by atoms with Gasteiger partial charge in [0.25, 0.3) is 0 Å². The van der Waals surface area contributed by atoms with Gasteiger partial charge >= 0.3 is 0 Å². The van der Waals surface area contributed by atoms with Crippen LogP contribution in [-0.4, -0.2) is 23.2 Å². The number of nitrogens with zero attached hydrogens (tertiary/aromatic N) is 2. The molecule has 88 valence electrons. The van der Waals surface area contributed by atoms with E-state index in [1.54, 1.807) is 12.1 Å². The minimum absolute atomic E-state index is 0.296. The third-order valence-corrected chi connectivity index (χ3v) is 3.34. The summed E-state index contributed by atoms with van der Waals surface area (Å²) in [7, 11) is 0. The minimum atomic E-state index is 0.296. The molecule has 1 saturated heterocycles. The van der Waals surface area contributed by atoms with Crippen molar-refractivity contribution in [3.05, 3.63) is 30.3 Å². The second-order valence-corrected chi connectivity index (χ2v) is 4.59. The van der Waals surface area contributed by atoms with Gasteiger partial charge in [-0.05, 0) is 49.6 Å². The first kappa shape index (κ1) is 10.4. The summed E-state index contributed by atoms with van der Waals surface area (Å²) >= 11 is 0. The van der Waals surface area contributed by atoms with Gasteiger partial charge in [-0.1, -0.05) is 0 Å². The highest BCUT2D eigenvalue weighted by Crippen LogP contribution is 2.23. The number of benzene rings is 1. The van der Waals surface area contributed by atoms with Crippen LogP contribution in [0.25, 0.3) is 10.9 Å². The molecule has 0 radical (unpaired) electrons. The molecule has 1 aromatic heterocycles. The first-order valence-electron chi connectivity index (χ1n) is 6.18. The summed E-state index contributed by atoms with van der Waals surface area (Å²) in [5.74, 6) is 1.35. The molecular formula is C14H16N2O. The molecule has 0 saturated carbocycles. The Morgan fingerprint density at radius 3 is 2.65 bits per heavy atom. The molecule has 3 nitrogen and oxygen atoms in total. The molecule has 2 aromatic rings. The van der Waals surface area contributed by atoms with Gasteiger partial charge in [0.15, 0.2) is 0 Å². The summed E-state index contributed by atoms with van der Waals surface area (Å²) in [6.45, 7) is 2.22. The second-order valence-electron chi connectivity index (χ2n) is 4.59. The van der Waals surface area contributed by atoms with E-state index in [1.807, 2.05) is 18.2 Å². The van der Waals surface area contributed by atoms with E-state index >= 15 is 0 Å². The third-order valence-electron chi connectivity index (χ3n) is 3.34. The fourth-order valence-electron chi connectivity index (χ4n) is 2.40. The van der Waals surface area contributed by atoms with E-state index < -0.39 is 0 Å². The molecule has 0 bridgehead atoms. The summed E-state index contributed by atoms with van der Waals surface area (Å²) in [6.07, 6.45) is 3.85. The highest BCUT2D eigenvalue weighted by molar-refractivity contribution is 5.81. The molecule has 0 unspecified atom stereocenters. The molecule has 1 aliphatic rings. The van der Waals surface area contributed by atoms with E-state index in [2.05, 4.69) is 9.88 Å². The van der Waals surface area contributed by atoms with Crippen molar-refractivity contribution in [2.45, 2.75) is 19.3 Å². The lowest BCUT2D eigenvalue weighted by atomic mass is 10.1. The van der Waals surface area contributed by atoms with Crippen LogP contribution in [0.3, 0.4) is 0 Å². The van der Waals surface area contributed by atoms with Crippen molar-refractivity contribution in [2.75, 3.05) is 18.0 Å². The molecule has 1 fully saturated rings. The van der Waals surface area contributed by atoms with Crippen molar-refractivity contribution in [3.63, 3.8) is 0 Å². The molecular weight excluding hydrogens is 212 g/mol. The molecule has 3 heteroatoms. The maximum absolute atomic E-state index is 9.41. The summed E-state index contributed by atoms with van der Waals surface area (Å²) in [4.78, 5) is 7.00. The van der Waals surface area contributed by atoms with Crippen molar-refractivity contribution in [1.29, 1.82) is 0 Å². The van der Waals surface area contributed by atoms with E-state index in [0.717, 1.165) is 29.8 Å².